The maximum Gasteiger partial charge on any atom is 0.182 e. The van der Waals surface area contributed by atoms with E-state index in [0.717, 1.165) is 18.7 Å². The molecule has 2 aromatic carbocycles. The number of ketones is 1. The fraction of sp³-hybridized carbons (Fsp3) is 0.350. The van der Waals surface area contributed by atoms with Gasteiger partial charge >= 0.3 is 0 Å². The molecule has 25 heavy (non-hydrogen) atoms. The maximum absolute atomic E-state index is 13.2. The van der Waals surface area contributed by atoms with E-state index in [-0.39, 0.29) is 5.78 Å². The Hall–Kier alpha value is -1.27. The minimum absolute atomic E-state index is 0.182. The van der Waals surface area contributed by atoms with Crippen LogP contribution in [0.4, 0.5) is 0 Å². The molecule has 1 saturated heterocycles. The molecular weight excluding hydrogens is 350 g/mol. The summed E-state index contributed by atoms with van der Waals surface area (Å²) in [5.74, 6) is 0.182. The van der Waals surface area contributed by atoms with E-state index in [0.29, 0.717) is 13.2 Å². The predicted molar refractivity (Wildman–Crippen MR) is 102 cm³/mol. The second-order valence-corrected chi connectivity index (χ2v) is 8.97. The number of benzene rings is 2. The van der Waals surface area contributed by atoms with Gasteiger partial charge in [0, 0.05) is 38.2 Å². The van der Waals surface area contributed by atoms with Crippen LogP contribution in [-0.4, -0.2) is 42.5 Å². The van der Waals surface area contributed by atoms with E-state index in [1.807, 2.05) is 19.9 Å². The number of carbonyl (C=O) groups is 1. The lowest BCUT2D eigenvalue weighted by Gasteiger charge is -2.39. The summed E-state index contributed by atoms with van der Waals surface area (Å²) in [5, 5.41) is 0. The van der Waals surface area contributed by atoms with Crippen molar-refractivity contribution in [1.29, 1.82) is 0 Å². The molecule has 130 valence electrons. The molecule has 2 aliphatic rings. The highest BCUT2D eigenvalue weighted by Crippen LogP contribution is 2.48. The Balaban J connectivity index is 1.61. The molecule has 0 radical (unpaired) electrons. The van der Waals surface area contributed by atoms with Crippen LogP contribution in [0.15, 0.2) is 62.0 Å². The Kier molecular flexibility index (Phi) is 4.67. The number of hydrogen-bond acceptors (Lipinski definition) is 5. The molecule has 0 spiro atoms. The minimum atomic E-state index is -0.512. The predicted octanol–water partition coefficient (Wildman–Crippen LogP) is 4.60. The van der Waals surface area contributed by atoms with E-state index in [1.165, 1.54) is 19.6 Å². The molecule has 4 rings (SSSR count). The molecule has 2 aromatic rings. The molecule has 1 fully saturated rings. The number of hydrogen-bond donors (Lipinski definition) is 0. The topological polar surface area (TPSA) is 29.5 Å². The van der Waals surface area contributed by atoms with Crippen LogP contribution >= 0.6 is 23.5 Å². The summed E-state index contributed by atoms with van der Waals surface area (Å²) in [6.45, 7) is 7.06. The number of Topliss-reactive ketones (excluding diaryl/α,β-unsaturated/α-hetero) is 1. The number of fused-ring (bicyclic) bond motifs is 2. The summed E-state index contributed by atoms with van der Waals surface area (Å²) in [6, 6.07) is 14.6. The molecule has 0 N–H and O–H groups in total. The molecule has 5 heteroatoms. The van der Waals surface area contributed by atoms with Gasteiger partial charge in [0.05, 0.1) is 18.8 Å². The van der Waals surface area contributed by atoms with Gasteiger partial charge in [-0.3, -0.25) is 9.69 Å². The highest BCUT2D eigenvalue weighted by molar-refractivity contribution is 8.05. The maximum atomic E-state index is 13.2. The molecule has 0 saturated carbocycles. The molecule has 0 aliphatic carbocycles. The van der Waals surface area contributed by atoms with E-state index in [1.54, 1.807) is 23.5 Å². The molecule has 2 heterocycles. The van der Waals surface area contributed by atoms with Crippen molar-refractivity contribution in [2.75, 3.05) is 26.3 Å². The van der Waals surface area contributed by atoms with Crippen LogP contribution in [0.25, 0.3) is 0 Å². The van der Waals surface area contributed by atoms with Crippen molar-refractivity contribution < 1.29 is 9.53 Å². The van der Waals surface area contributed by atoms with Crippen molar-refractivity contribution in [3.8, 4) is 0 Å². The fourth-order valence-corrected chi connectivity index (χ4v) is 5.54. The minimum Gasteiger partial charge on any atom is -0.379 e. The molecule has 0 amide bonds. The normalized spacial score (nSPS) is 17.7. The van der Waals surface area contributed by atoms with Crippen LogP contribution < -0.4 is 0 Å². The summed E-state index contributed by atoms with van der Waals surface area (Å²) >= 11 is 3.53. The summed E-state index contributed by atoms with van der Waals surface area (Å²) in [6.07, 6.45) is 0. The zero-order valence-corrected chi connectivity index (χ0v) is 16.1. The van der Waals surface area contributed by atoms with Crippen molar-refractivity contribution in [2.24, 2.45) is 0 Å². The lowest BCUT2D eigenvalue weighted by atomic mass is 9.91. The summed E-state index contributed by atoms with van der Waals surface area (Å²) in [4.78, 5) is 20.4. The highest BCUT2D eigenvalue weighted by Gasteiger charge is 2.36. The summed E-state index contributed by atoms with van der Waals surface area (Å²) in [5.41, 5.74) is 0.283. The van der Waals surface area contributed by atoms with Crippen molar-refractivity contribution in [3.05, 3.63) is 48.0 Å². The van der Waals surface area contributed by atoms with Crippen LogP contribution in [0.3, 0.4) is 0 Å². The first-order valence-corrected chi connectivity index (χ1v) is 10.2. The van der Waals surface area contributed by atoms with E-state index in [9.17, 15) is 4.79 Å². The third-order valence-electron chi connectivity index (χ3n) is 4.85. The van der Waals surface area contributed by atoms with E-state index in [2.05, 4.69) is 41.3 Å². The Morgan fingerprint density at radius 3 is 2.24 bits per heavy atom. The van der Waals surface area contributed by atoms with Gasteiger partial charge in [-0.05, 0) is 38.1 Å². The zero-order chi connectivity index (χ0) is 17.4. The second kappa shape index (κ2) is 6.80. The highest BCUT2D eigenvalue weighted by atomic mass is 32.2. The van der Waals surface area contributed by atoms with Gasteiger partial charge in [-0.1, -0.05) is 41.7 Å². The Bertz CT molecular complexity index is 813. The van der Waals surface area contributed by atoms with Crippen LogP contribution in [0, 0.1) is 0 Å². The number of nitrogens with zero attached hydrogens (tertiary/aromatic N) is 1. The number of rotatable bonds is 3. The molecule has 2 aliphatic heterocycles. The van der Waals surface area contributed by atoms with Gasteiger partial charge in [0.25, 0.3) is 0 Å². The number of morpholine rings is 1. The van der Waals surface area contributed by atoms with Crippen molar-refractivity contribution in [3.63, 3.8) is 0 Å². The van der Waals surface area contributed by atoms with Crippen LogP contribution in [0.5, 0.6) is 0 Å². The van der Waals surface area contributed by atoms with E-state index in [4.69, 9.17) is 4.74 Å². The summed E-state index contributed by atoms with van der Waals surface area (Å²) < 4.78 is 5.43. The van der Waals surface area contributed by atoms with Crippen LogP contribution in [0.2, 0.25) is 0 Å². The quantitative estimate of drug-likeness (QED) is 0.628. The van der Waals surface area contributed by atoms with Gasteiger partial charge in [0.2, 0.25) is 0 Å². The molecule has 0 atom stereocenters. The third kappa shape index (κ3) is 3.26. The molecule has 0 unspecified atom stereocenters. The molecule has 0 aromatic heterocycles. The average molecular weight is 372 g/mol. The Morgan fingerprint density at radius 1 is 0.960 bits per heavy atom. The molecule has 3 nitrogen and oxygen atoms in total. The third-order valence-corrected chi connectivity index (χ3v) is 7.40. The summed E-state index contributed by atoms with van der Waals surface area (Å²) in [7, 11) is 0. The van der Waals surface area contributed by atoms with E-state index >= 15 is 0 Å². The monoisotopic (exact) mass is 371 g/mol. The van der Waals surface area contributed by atoms with Crippen molar-refractivity contribution >= 4 is 29.3 Å². The smallest absolute Gasteiger partial charge is 0.182 e. The zero-order valence-electron chi connectivity index (χ0n) is 14.5. The average Bonchev–Trinajstić information content (AvgIpc) is 2.66. The Labute approximate surface area is 157 Å². The van der Waals surface area contributed by atoms with Gasteiger partial charge in [-0.15, -0.1) is 0 Å². The van der Waals surface area contributed by atoms with E-state index < -0.39 is 5.54 Å². The SMILES string of the molecule is CC(C)(C(=O)c1ccc2c(c1)Sc1ccccc1S2)N1CCOCC1. The lowest BCUT2D eigenvalue weighted by Crippen LogP contribution is -2.54. The van der Waals surface area contributed by atoms with Crippen LogP contribution in [0.1, 0.15) is 24.2 Å². The largest absolute Gasteiger partial charge is 0.379 e. The lowest BCUT2D eigenvalue weighted by molar-refractivity contribution is -0.00430. The van der Waals surface area contributed by atoms with Crippen molar-refractivity contribution in [1.82, 2.24) is 4.90 Å². The first-order valence-electron chi connectivity index (χ1n) is 8.52. The van der Waals surface area contributed by atoms with Gasteiger partial charge in [0.15, 0.2) is 5.78 Å². The van der Waals surface area contributed by atoms with Gasteiger partial charge in [-0.2, -0.15) is 0 Å². The number of ether oxygens (including phenoxy) is 1. The molecule has 0 bridgehead atoms. The fourth-order valence-electron chi connectivity index (χ4n) is 3.29. The van der Waals surface area contributed by atoms with Crippen LogP contribution in [-0.2, 0) is 4.74 Å². The second-order valence-electron chi connectivity index (χ2n) is 6.80. The first kappa shape index (κ1) is 17.2. The van der Waals surface area contributed by atoms with Gasteiger partial charge in [-0.25, -0.2) is 0 Å². The Morgan fingerprint density at radius 2 is 1.56 bits per heavy atom. The van der Waals surface area contributed by atoms with Gasteiger partial charge < -0.3 is 4.74 Å². The first-order chi connectivity index (χ1) is 12.1. The number of carbonyl (C=O) groups excluding carboxylic acids is 1. The molecular formula is C20H21NO2S2. The standard InChI is InChI=1S/C20H21NO2S2/c1-20(2,21-9-11-23-12-10-21)19(22)14-7-8-17-18(13-14)25-16-6-4-3-5-15(16)24-17/h3-8,13H,9-12H2,1-2H3. The van der Waals surface area contributed by atoms with Gasteiger partial charge in [0.1, 0.15) is 0 Å². The van der Waals surface area contributed by atoms with Crippen molar-refractivity contribution in [2.45, 2.75) is 39.0 Å².